The highest BCUT2D eigenvalue weighted by atomic mass is 32.1. The fourth-order valence-electron chi connectivity index (χ4n) is 1.68. The summed E-state index contributed by atoms with van der Waals surface area (Å²) in [5, 5.41) is 1.50. The van der Waals surface area contributed by atoms with Crippen LogP contribution in [-0.2, 0) is 0 Å². The number of benzene rings is 1. The molecule has 0 aliphatic heterocycles. The van der Waals surface area contributed by atoms with Crippen molar-refractivity contribution >= 4 is 40.2 Å². The third kappa shape index (κ3) is 1.81. The number of aromatic amines is 1. The topological polar surface area (TPSA) is 67.6 Å². The molecule has 84 valence electrons. The summed E-state index contributed by atoms with van der Waals surface area (Å²) in [6.45, 7) is 3.85. The lowest BCUT2D eigenvalue weighted by Crippen LogP contribution is -2.22. The molecule has 0 bridgehead atoms. The summed E-state index contributed by atoms with van der Waals surface area (Å²) in [5.74, 6) is 0.389. The fraction of sp³-hybridized carbons (Fsp3) is 0. The molecule has 0 spiro atoms. The van der Waals surface area contributed by atoms with Gasteiger partial charge in [-0.15, -0.1) is 11.3 Å². The zero-order valence-corrected chi connectivity index (χ0v) is 9.79. The van der Waals surface area contributed by atoms with Gasteiger partial charge < -0.3 is 10.7 Å². The van der Waals surface area contributed by atoms with Gasteiger partial charge in [-0.05, 0) is 23.8 Å². The second-order valence-corrected chi connectivity index (χ2v) is 4.60. The Labute approximate surface area is 101 Å². The van der Waals surface area contributed by atoms with Gasteiger partial charge in [0, 0.05) is 0 Å². The minimum atomic E-state index is 0.389. The third-order valence-electron chi connectivity index (χ3n) is 2.49. The van der Waals surface area contributed by atoms with Crippen LogP contribution in [0, 0.1) is 0 Å². The Kier molecular flexibility index (Phi) is 2.19. The predicted molar refractivity (Wildman–Crippen MR) is 71.0 cm³/mol. The molecule has 2 heterocycles. The van der Waals surface area contributed by atoms with Crippen molar-refractivity contribution in [2.45, 2.75) is 0 Å². The third-order valence-corrected chi connectivity index (χ3v) is 3.28. The molecule has 4 nitrogen and oxygen atoms in total. The molecule has 2 aromatic heterocycles. The van der Waals surface area contributed by atoms with E-state index in [0.29, 0.717) is 5.95 Å². The van der Waals surface area contributed by atoms with Crippen molar-refractivity contribution in [2.24, 2.45) is 0 Å². The van der Waals surface area contributed by atoms with Gasteiger partial charge in [0.25, 0.3) is 0 Å². The van der Waals surface area contributed by atoms with Crippen molar-refractivity contribution in [1.29, 1.82) is 0 Å². The van der Waals surface area contributed by atoms with E-state index in [-0.39, 0.29) is 0 Å². The summed E-state index contributed by atoms with van der Waals surface area (Å²) in [5.41, 5.74) is 9.50. The Morgan fingerprint density at radius 3 is 3.06 bits per heavy atom. The highest BCUT2D eigenvalue weighted by Crippen LogP contribution is 2.19. The molecular weight excluding hydrogens is 232 g/mol. The molecule has 3 rings (SSSR count). The van der Waals surface area contributed by atoms with Crippen LogP contribution in [0.5, 0.6) is 0 Å². The molecule has 0 unspecified atom stereocenters. The van der Waals surface area contributed by atoms with Gasteiger partial charge in [-0.1, -0.05) is 12.6 Å². The molecule has 0 fully saturated rings. The van der Waals surface area contributed by atoms with E-state index in [1.807, 2.05) is 23.7 Å². The second-order valence-electron chi connectivity index (χ2n) is 3.71. The number of aromatic nitrogens is 3. The van der Waals surface area contributed by atoms with Crippen molar-refractivity contribution in [3.8, 4) is 0 Å². The molecule has 0 saturated carbocycles. The normalized spacial score (nSPS) is 12.4. The fourth-order valence-corrected chi connectivity index (χ4v) is 2.41. The second kappa shape index (κ2) is 3.71. The number of nitrogens with zero attached hydrogens (tertiary/aromatic N) is 2. The number of rotatable bonds is 1. The van der Waals surface area contributed by atoms with Crippen LogP contribution < -0.4 is 16.4 Å². The first-order chi connectivity index (χ1) is 8.22. The Balaban J connectivity index is 2.19. The van der Waals surface area contributed by atoms with E-state index in [1.165, 1.54) is 0 Å². The van der Waals surface area contributed by atoms with Crippen molar-refractivity contribution in [1.82, 2.24) is 15.0 Å². The first kappa shape index (κ1) is 10.0. The number of nitrogens with one attached hydrogen (secondary N) is 1. The average Bonchev–Trinajstić information content (AvgIpc) is 2.85. The summed E-state index contributed by atoms with van der Waals surface area (Å²) in [6.07, 6.45) is 1.95. The summed E-state index contributed by atoms with van der Waals surface area (Å²) in [4.78, 5) is 11.3. The Hall–Kier alpha value is -2.14. The maximum Gasteiger partial charge on any atom is 0.198 e. The number of fused-ring (bicyclic) bond motifs is 1. The van der Waals surface area contributed by atoms with Gasteiger partial charge in [0.15, 0.2) is 5.95 Å². The van der Waals surface area contributed by atoms with E-state index in [9.17, 15) is 0 Å². The minimum Gasteiger partial charge on any atom is -0.369 e. The number of nitrogen functional groups attached to an aromatic ring is 1. The van der Waals surface area contributed by atoms with Crippen LogP contribution in [-0.4, -0.2) is 15.0 Å². The monoisotopic (exact) mass is 242 g/mol. The zero-order chi connectivity index (χ0) is 11.8. The average molecular weight is 242 g/mol. The van der Waals surface area contributed by atoms with E-state index in [0.717, 1.165) is 26.5 Å². The van der Waals surface area contributed by atoms with Crippen molar-refractivity contribution < 1.29 is 0 Å². The van der Waals surface area contributed by atoms with Crippen LogP contribution in [0.15, 0.2) is 23.7 Å². The number of hydrogen-bond donors (Lipinski definition) is 2. The lowest BCUT2D eigenvalue weighted by Gasteiger charge is -1.91. The molecule has 0 saturated heterocycles. The van der Waals surface area contributed by atoms with Gasteiger partial charge in [0.2, 0.25) is 0 Å². The lowest BCUT2D eigenvalue weighted by molar-refractivity contribution is 1.30. The highest BCUT2D eigenvalue weighted by molar-refractivity contribution is 7.16. The van der Waals surface area contributed by atoms with E-state index in [1.54, 1.807) is 11.3 Å². The van der Waals surface area contributed by atoms with Gasteiger partial charge in [-0.2, -0.15) is 0 Å². The number of anilines is 1. The summed E-state index contributed by atoms with van der Waals surface area (Å²) in [7, 11) is 0. The molecule has 0 aliphatic carbocycles. The van der Waals surface area contributed by atoms with Gasteiger partial charge in [-0.25, -0.2) is 9.97 Å². The SMILES string of the molecule is C=c1[nH]c(N)n/c1=C\c1ccc2ncsc2c1. The first-order valence-electron chi connectivity index (χ1n) is 5.08. The van der Waals surface area contributed by atoms with Gasteiger partial charge in [-0.3, -0.25) is 0 Å². The molecule has 3 N–H and O–H groups in total. The maximum atomic E-state index is 5.57. The van der Waals surface area contributed by atoms with Gasteiger partial charge in [0.05, 0.1) is 26.4 Å². The largest absolute Gasteiger partial charge is 0.369 e. The van der Waals surface area contributed by atoms with E-state index < -0.39 is 0 Å². The number of imidazole rings is 1. The Bertz CT molecular complexity index is 784. The molecule has 1 aromatic carbocycles. The Morgan fingerprint density at radius 2 is 2.29 bits per heavy atom. The standard InChI is InChI=1S/C12H10N4S/c1-7-10(16-12(13)15-7)4-8-2-3-9-11(5-8)17-6-14-9/h2-6H,1H2,(H3,13,15,16)/b10-4-. The number of hydrogen-bond acceptors (Lipinski definition) is 4. The van der Waals surface area contributed by atoms with E-state index >= 15 is 0 Å². The molecular formula is C12H10N4S. The highest BCUT2D eigenvalue weighted by Gasteiger charge is 1.98. The zero-order valence-electron chi connectivity index (χ0n) is 8.97. The van der Waals surface area contributed by atoms with Crippen LogP contribution >= 0.6 is 11.3 Å². The predicted octanol–water partition coefficient (Wildman–Crippen LogP) is 0.841. The summed E-state index contributed by atoms with van der Waals surface area (Å²) in [6, 6.07) is 6.08. The number of H-pyrrole nitrogens is 1. The molecule has 17 heavy (non-hydrogen) atoms. The molecule has 0 amide bonds. The minimum absolute atomic E-state index is 0.389. The quantitative estimate of drug-likeness (QED) is 0.664. The lowest BCUT2D eigenvalue weighted by atomic mass is 10.2. The molecule has 0 aliphatic rings. The maximum absolute atomic E-state index is 5.57. The van der Waals surface area contributed by atoms with Crippen LogP contribution in [0.4, 0.5) is 5.95 Å². The van der Waals surface area contributed by atoms with Crippen LogP contribution in [0.1, 0.15) is 5.56 Å². The van der Waals surface area contributed by atoms with Crippen molar-refractivity contribution in [2.75, 3.05) is 5.73 Å². The van der Waals surface area contributed by atoms with E-state index in [2.05, 4.69) is 27.6 Å². The smallest absolute Gasteiger partial charge is 0.198 e. The van der Waals surface area contributed by atoms with Gasteiger partial charge >= 0.3 is 0 Å². The van der Waals surface area contributed by atoms with Gasteiger partial charge in [0.1, 0.15) is 0 Å². The van der Waals surface area contributed by atoms with E-state index in [4.69, 9.17) is 5.73 Å². The van der Waals surface area contributed by atoms with Crippen LogP contribution in [0.25, 0.3) is 22.9 Å². The summed E-state index contributed by atoms with van der Waals surface area (Å²) >= 11 is 1.62. The molecule has 0 radical (unpaired) electrons. The molecule has 0 atom stereocenters. The first-order valence-corrected chi connectivity index (χ1v) is 5.96. The van der Waals surface area contributed by atoms with Crippen molar-refractivity contribution in [3.05, 3.63) is 40.0 Å². The molecule has 3 aromatic rings. The summed E-state index contributed by atoms with van der Waals surface area (Å²) < 4.78 is 1.16. The molecule has 5 heteroatoms. The number of thiazole rings is 1. The van der Waals surface area contributed by atoms with Crippen LogP contribution in [0.3, 0.4) is 0 Å². The van der Waals surface area contributed by atoms with Crippen molar-refractivity contribution in [3.63, 3.8) is 0 Å². The number of nitrogens with two attached hydrogens (primary N) is 1. The Morgan fingerprint density at radius 1 is 1.41 bits per heavy atom. The van der Waals surface area contributed by atoms with Crippen LogP contribution in [0.2, 0.25) is 0 Å².